The van der Waals surface area contributed by atoms with Crippen LogP contribution in [0.3, 0.4) is 0 Å². The van der Waals surface area contributed by atoms with Crippen molar-refractivity contribution in [2.45, 2.75) is 0 Å². The van der Waals surface area contributed by atoms with Crippen molar-refractivity contribution in [3.8, 4) is 0 Å². The first-order valence-electron chi connectivity index (χ1n) is 1.34. The summed E-state index contributed by atoms with van der Waals surface area (Å²) < 4.78 is 0. The standard InChI is InChI=1S/6CN.Fe.4K.3H2O.4H/c6*1-2;;;;;;;;;;;;/h;;;;;;;;;;;3*1H2;;;;/q6*-1;+6;4*+1;;;;4*-1. The molecule has 0 rings (SSSR count). The Morgan fingerprint density at radius 1 is 0.350 bits per heavy atom. The van der Waals surface area contributed by atoms with Crippen LogP contribution in [0.5, 0.6) is 0 Å². The Balaban J connectivity index is -0.00000000102. The van der Waals surface area contributed by atoms with Gasteiger partial charge in [0.1, 0.15) is 0 Å². The summed E-state index contributed by atoms with van der Waals surface area (Å²) in [5, 5.41) is 37.5. The van der Waals surface area contributed by atoms with Crippen molar-refractivity contribution in [2.24, 2.45) is 0 Å². The van der Waals surface area contributed by atoms with E-state index in [1.54, 1.807) is 0 Å². The van der Waals surface area contributed by atoms with Crippen LogP contribution in [0.4, 0.5) is 0 Å². The average Bonchev–Trinajstić information content (AvgIpc) is 2.33. The molecule has 0 aliphatic heterocycles. The van der Waals surface area contributed by atoms with Crippen LogP contribution in [0.15, 0.2) is 0 Å². The van der Waals surface area contributed by atoms with Crippen LogP contribution in [0.1, 0.15) is 5.71 Å². The van der Waals surface area contributed by atoms with Crippen molar-refractivity contribution in [1.29, 1.82) is 31.6 Å². The van der Waals surface area contributed by atoms with Crippen LogP contribution >= 0.6 is 0 Å². The fourth-order valence-corrected chi connectivity index (χ4v) is 0. The number of rotatable bonds is 0. The predicted molar refractivity (Wildman–Crippen MR) is 45.1 cm³/mol. The first kappa shape index (κ1) is 128. The zero-order valence-electron chi connectivity index (χ0n) is 15.5. The maximum atomic E-state index is 6.25. The molecule has 0 atom stereocenters. The minimum Gasteiger partial charge on any atom is -1.00 e. The second-order valence-corrected chi connectivity index (χ2v) is 0. The second-order valence-electron chi connectivity index (χ2n) is 0. The van der Waals surface area contributed by atoms with E-state index >= 15 is 0 Å². The quantitative estimate of drug-likeness (QED) is 0.269. The van der Waals surface area contributed by atoms with E-state index in [1.807, 2.05) is 0 Å². The fraction of sp³-hybridized carbons (Fsp3) is 0. The molecule has 6 N–H and O–H groups in total. The molecular weight excluding hydrogens is 416 g/mol. The summed E-state index contributed by atoms with van der Waals surface area (Å²) in [7, 11) is 0. The molecule has 0 heterocycles. The maximum Gasteiger partial charge on any atom is 6.00 e. The van der Waals surface area contributed by atoms with Crippen molar-refractivity contribution in [3.63, 3.8) is 0 Å². The first-order valence-corrected chi connectivity index (χ1v) is 1.34. The van der Waals surface area contributed by atoms with Gasteiger partial charge in [0, 0.05) is 0 Å². The molecule has 0 aromatic rings. The minimum absolute atomic E-state index is 0. The molecular formula is C6H10FeK4N6O3. The molecule has 14 heteroatoms. The van der Waals surface area contributed by atoms with Gasteiger partial charge < -0.3 is 93.1 Å². The third kappa shape index (κ3) is 632. The predicted octanol–water partition coefficient (Wildman–Crippen LogP) is -13.4. The zero-order valence-corrected chi connectivity index (χ0v) is 25.1. The topological polar surface area (TPSA) is 237 Å². The molecule has 0 aliphatic rings. The van der Waals surface area contributed by atoms with Gasteiger partial charge in [0.2, 0.25) is 0 Å². The van der Waals surface area contributed by atoms with E-state index in [1.165, 1.54) is 0 Å². The molecule has 9 nitrogen and oxygen atoms in total. The van der Waals surface area contributed by atoms with Gasteiger partial charge in [-0.15, -0.1) is 0 Å². The summed E-state index contributed by atoms with van der Waals surface area (Å²) in [5.41, 5.74) is 0. The summed E-state index contributed by atoms with van der Waals surface area (Å²) >= 11 is 0. The van der Waals surface area contributed by atoms with E-state index in [0.29, 0.717) is 0 Å². The molecule has 0 fully saturated rings. The monoisotopic (exact) mass is 426 g/mol. The van der Waals surface area contributed by atoms with Crippen molar-refractivity contribution in [1.82, 2.24) is 0 Å². The van der Waals surface area contributed by atoms with Crippen LogP contribution in [0.2, 0.25) is 0 Å². The smallest absolute Gasteiger partial charge is 1.00 e. The van der Waals surface area contributed by atoms with Crippen molar-refractivity contribution in [2.75, 3.05) is 0 Å². The van der Waals surface area contributed by atoms with E-state index in [-0.39, 0.29) is 245 Å². The van der Waals surface area contributed by atoms with Crippen LogP contribution in [0, 0.1) is 71.0 Å². The Labute approximate surface area is 307 Å². The van der Waals surface area contributed by atoms with Gasteiger partial charge in [0.25, 0.3) is 0 Å². The molecule has 0 radical (unpaired) electrons. The fourth-order valence-electron chi connectivity index (χ4n) is 0. The Kier molecular flexibility index (Phi) is 4650. The van der Waals surface area contributed by atoms with Gasteiger partial charge in [-0.05, 0) is 0 Å². The number of hydrogen-bond donors (Lipinski definition) is 0. The van der Waals surface area contributed by atoms with Gasteiger partial charge in [-0.2, -0.15) is 0 Å². The molecule has 20 heavy (non-hydrogen) atoms. The van der Waals surface area contributed by atoms with Gasteiger partial charge in [0.15, 0.2) is 0 Å². The molecule has 0 aliphatic carbocycles. The summed E-state index contributed by atoms with van der Waals surface area (Å²) in [6.45, 7) is 28.5. The molecule has 0 unspecified atom stereocenters. The van der Waals surface area contributed by atoms with E-state index in [2.05, 4.69) is 0 Å². The van der Waals surface area contributed by atoms with Crippen LogP contribution in [0.25, 0.3) is 0 Å². The zero-order chi connectivity index (χ0) is 12.0. The third-order valence-electron chi connectivity index (χ3n) is 0. The minimum atomic E-state index is 0. The molecule has 0 saturated carbocycles. The van der Waals surface area contributed by atoms with E-state index in [0.717, 1.165) is 0 Å². The summed E-state index contributed by atoms with van der Waals surface area (Å²) in [6.07, 6.45) is 0. The van der Waals surface area contributed by atoms with E-state index in [9.17, 15) is 0 Å². The second kappa shape index (κ2) is 726. The first-order chi connectivity index (χ1) is 6.00. The molecule has 0 saturated heterocycles. The number of hydrogen-bond acceptors (Lipinski definition) is 6. The molecule has 0 bridgehead atoms. The van der Waals surface area contributed by atoms with Gasteiger partial charge >= 0.3 is 223 Å². The molecule has 0 amide bonds. The Hall–Kier alpha value is 3.88. The summed E-state index contributed by atoms with van der Waals surface area (Å²) in [5.74, 6) is 0. The maximum absolute atomic E-state index is 6.25. The van der Waals surface area contributed by atoms with Gasteiger partial charge in [-0.1, -0.05) is 0 Å². The molecule has 0 spiro atoms. The largest absolute Gasteiger partial charge is 6.00 e. The van der Waals surface area contributed by atoms with Gasteiger partial charge in [-0.25, -0.2) is 0 Å². The van der Waals surface area contributed by atoms with Crippen molar-refractivity contribution < 1.29 is 245 Å². The normalized spacial score (nSPS) is 0.600. The Bertz CT molecular complexity index is 133. The molecule has 0 aromatic heterocycles. The van der Waals surface area contributed by atoms with Crippen LogP contribution < -0.4 is 206 Å². The van der Waals surface area contributed by atoms with Crippen LogP contribution in [-0.4, -0.2) is 16.4 Å². The van der Waals surface area contributed by atoms with Gasteiger partial charge in [0.05, 0.1) is 0 Å². The Morgan fingerprint density at radius 3 is 0.350 bits per heavy atom. The third-order valence-corrected chi connectivity index (χ3v) is 0. The summed E-state index contributed by atoms with van der Waals surface area (Å²) in [6, 6.07) is 0. The summed E-state index contributed by atoms with van der Waals surface area (Å²) in [4.78, 5) is 0. The van der Waals surface area contributed by atoms with Gasteiger partial charge in [-0.3, -0.25) is 0 Å². The average molecular weight is 426 g/mol. The van der Waals surface area contributed by atoms with Crippen molar-refractivity contribution >= 4 is 0 Å². The number of nitrogens with zero attached hydrogens (tertiary/aromatic N) is 6. The van der Waals surface area contributed by atoms with E-state index < -0.39 is 0 Å². The van der Waals surface area contributed by atoms with Crippen molar-refractivity contribution in [3.05, 3.63) is 39.4 Å². The molecule has 0 aromatic carbocycles. The Morgan fingerprint density at radius 2 is 0.350 bits per heavy atom. The van der Waals surface area contributed by atoms with E-state index in [4.69, 9.17) is 71.0 Å². The van der Waals surface area contributed by atoms with Crippen LogP contribution in [-0.2, 0) is 17.1 Å². The SMILES string of the molecule is O.O.O.[C-]#N.[C-]#N.[C-]#N.[C-]#N.[C-]#N.[C-]#N.[Fe+6].[H-].[H-].[H-].[H-].[K+].[K+].[K+].[K+]. The molecule has 94 valence electrons.